The first-order valence-corrected chi connectivity index (χ1v) is 12.1. The van der Waals surface area contributed by atoms with Crippen molar-refractivity contribution in [2.45, 2.75) is 40.5 Å². The number of aryl methyl sites for hydroxylation is 1. The number of aromatic nitrogens is 1. The van der Waals surface area contributed by atoms with E-state index in [4.69, 9.17) is 4.74 Å². The van der Waals surface area contributed by atoms with Crippen LogP contribution < -0.4 is 10.1 Å². The van der Waals surface area contributed by atoms with E-state index in [2.05, 4.69) is 41.4 Å². The van der Waals surface area contributed by atoms with Crippen molar-refractivity contribution in [2.75, 3.05) is 39.3 Å². The minimum atomic E-state index is -0.345. The van der Waals surface area contributed by atoms with Crippen LogP contribution in [0.3, 0.4) is 0 Å². The van der Waals surface area contributed by atoms with Crippen molar-refractivity contribution in [2.24, 2.45) is 5.41 Å². The third-order valence-electron chi connectivity index (χ3n) is 5.46. The highest BCUT2D eigenvalue weighted by atomic mass is 32.1. The van der Waals surface area contributed by atoms with Gasteiger partial charge in [-0.2, -0.15) is 0 Å². The highest BCUT2D eigenvalue weighted by Crippen LogP contribution is 2.18. The summed E-state index contributed by atoms with van der Waals surface area (Å²) in [4.78, 5) is 33.4. The number of carbonyl (C=O) groups excluding carboxylic acids is 2. The van der Waals surface area contributed by atoms with Crippen LogP contribution in [0.1, 0.15) is 48.3 Å². The van der Waals surface area contributed by atoms with Crippen molar-refractivity contribution in [3.63, 3.8) is 0 Å². The van der Waals surface area contributed by atoms with Gasteiger partial charge in [-0.25, -0.2) is 9.78 Å². The maximum Gasteiger partial charge on any atom is 0.415 e. The van der Waals surface area contributed by atoms with Crippen LogP contribution >= 0.6 is 11.3 Å². The van der Waals surface area contributed by atoms with Gasteiger partial charge in [0.25, 0.3) is 5.91 Å². The second-order valence-electron chi connectivity index (χ2n) is 9.40. The van der Waals surface area contributed by atoms with Gasteiger partial charge in [0.15, 0.2) is 0 Å². The fourth-order valence-electron chi connectivity index (χ4n) is 3.44. The number of nitrogens with one attached hydrogen (secondary N) is 1. The van der Waals surface area contributed by atoms with Gasteiger partial charge in [0.1, 0.15) is 5.75 Å². The molecule has 0 saturated carbocycles. The van der Waals surface area contributed by atoms with Crippen LogP contribution in [-0.4, -0.2) is 66.1 Å². The molecule has 0 aliphatic carbocycles. The molecule has 32 heavy (non-hydrogen) atoms. The number of ether oxygens (including phenoxy) is 1. The summed E-state index contributed by atoms with van der Waals surface area (Å²) in [6, 6.07) is 6.71. The predicted molar refractivity (Wildman–Crippen MR) is 127 cm³/mol. The fourth-order valence-corrected chi connectivity index (χ4v) is 4.09. The number of hydrogen-bond acceptors (Lipinski definition) is 6. The molecule has 1 saturated heterocycles. The molecule has 7 nitrogen and oxygen atoms in total. The Balaban J connectivity index is 1.39. The van der Waals surface area contributed by atoms with Crippen LogP contribution in [0.25, 0.3) is 0 Å². The molecule has 1 aliphatic heterocycles. The molecule has 0 atom stereocenters. The van der Waals surface area contributed by atoms with Crippen molar-refractivity contribution in [1.82, 2.24) is 20.1 Å². The van der Waals surface area contributed by atoms with E-state index >= 15 is 0 Å². The Hall–Kier alpha value is -2.45. The van der Waals surface area contributed by atoms with Crippen LogP contribution in [0.5, 0.6) is 5.75 Å². The second-order valence-corrected chi connectivity index (χ2v) is 10.5. The first-order valence-electron chi connectivity index (χ1n) is 11.2. The molecule has 1 aromatic carbocycles. The summed E-state index contributed by atoms with van der Waals surface area (Å²) in [6.45, 7) is 13.0. The van der Waals surface area contributed by atoms with Crippen molar-refractivity contribution in [1.29, 1.82) is 0 Å². The van der Waals surface area contributed by atoms with Gasteiger partial charge >= 0.3 is 6.09 Å². The SMILES string of the molecule is Cc1nc(CCN2CCN(C(=O)Oc3ccc(C(=O)NCCC(C)(C)C)cc3)CC2)cs1. The molecule has 2 aromatic rings. The van der Waals surface area contributed by atoms with Gasteiger partial charge in [-0.15, -0.1) is 11.3 Å². The van der Waals surface area contributed by atoms with Crippen LogP contribution in [-0.2, 0) is 6.42 Å². The number of rotatable bonds is 7. The Kier molecular flexibility index (Phi) is 8.26. The van der Waals surface area contributed by atoms with E-state index in [0.29, 0.717) is 30.9 Å². The van der Waals surface area contributed by atoms with Crippen LogP contribution in [0, 0.1) is 12.3 Å². The van der Waals surface area contributed by atoms with Crippen molar-refractivity contribution in [3.8, 4) is 5.75 Å². The van der Waals surface area contributed by atoms with E-state index in [0.717, 1.165) is 43.2 Å². The predicted octanol–water partition coefficient (Wildman–Crippen LogP) is 3.98. The van der Waals surface area contributed by atoms with Gasteiger partial charge in [-0.05, 0) is 43.0 Å². The number of thiazole rings is 1. The maximum absolute atomic E-state index is 12.5. The Morgan fingerprint density at radius 2 is 1.81 bits per heavy atom. The number of hydrogen-bond donors (Lipinski definition) is 1. The quantitative estimate of drug-likeness (QED) is 0.679. The number of nitrogens with zero attached hydrogens (tertiary/aromatic N) is 3. The molecular weight excluding hydrogens is 424 g/mol. The molecule has 2 heterocycles. The summed E-state index contributed by atoms with van der Waals surface area (Å²) in [5, 5.41) is 6.14. The summed E-state index contributed by atoms with van der Waals surface area (Å²) in [6.07, 6.45) is 1.50. The average molecular weight is 459 g/mol. The first kappa shape index (κ1) is 24.2. The summed E-state index contributed by atoms with van der Waals surface area (Å²) < 4.78 is 5.51. The Morgan fingerprint density at radius 3 is 2.41 bits per heavy atom. The molecule has 1 aliphatic rings. The Labute approximate surface area is 194 Å². The van der Waals surface area contributed by atoms with Gasteiger partial charge < -0.3 is 15.0 Å². The third kappa shape index (κ3) is 7.60. The van der Waals surface area contributed by atoms with Crippen molar-refractivity contribution >= 4 is 23.3 Å². The average Bonchev–Trinajstić information content (AvgIpc) is 3.17. The number of carbonyl (C=O) groups is 2. The fraction of sp³-hybridized carbons (Fsp3) is 0.542. The smallest absolute Gasteiger partial charge is 0.410 e. The van der Waals surface area contributed by atoms with Crippen LogP contribution in [0.2, 0.25) is 0 Å². The highest BCUT2D eigenvalue weighted by molar-refractivity contribution is 7.09. The molecule has 1 N–H and O–H groups in total. The minimum absolute atomic E-state index is 0.115. The van der Waals surface area contributed by atoms with Gasteiger partial charge in [0.2, 0.25) is 0 Å². The van der Waals surface area contributed by atoms with E-state index in [-0.39, 0.29) is 17.4 Å². The van der Waals surface area contributed by atoms with E-state index < -0.39 is 0 Å². The zero-order valence-corrected chi connectivity index (χ0v) is 20.3. The summed E-state index contributed by atoms with van der Waals surface area (Å²) in [7, 11) is 0. The molecule has 0 bridgehead atoms. The van der Waals surface area contributed by atoms with Gasteiger partial charge in [-0.1, -0.05) is 20.8 Å². The largest absolute Gasteiger partial charge is 0.415 e. The lowest BCUT2D eigenvalue weighted by Gasteiger charge is -2.33. The lowest BCUT2D eigenvalue weighted by molar-refractivity contribution is 0.0949. The summed E-state index contributed by atoms with van der Waals surface area (Å²) in [5.41, 5.74) is 1.88. The molecule has 174 valence electrons. The molecule has 1 fully saturated rings. The monoisotopic (exact) mass is 458 g/mol. The molecule has 3 rings (SSSR count). The standard InChI is InChI=1S/C24H34N4O3S/c1-18-26-20(17-32-18)9-12-27-13-15-28(16-14-27)23(30)31-21-7-5-19(6-8-21)22(29)25-11-10-24(2,3)4/h5-8,17H,9-16H2,1-4H3,(H,25,29). The highest BCUT2D eigenvalue weighted by Gasteiger charge is 2.22. The topological polar surface area (TPSA) is 74.8 Å². The lowest BCUT2D eigenvalue weighted by atomic mass is 9.92. The summed E-state index contributed by atoms with van der Waals surface area (Å²) >= 11 is 1.68. The molecule has 2 amide bonds. The van der Waals surface area contributed by atoms with Crippen molar-refractivity contribution < 1.29 is 14.3 Å². The van der Waals surface area contributed by atoms with Gasteiger partial charge in [0, 0.05) is 56.6 Å². The van der Waals surface area contributed by atoms with E-state index in [1.165, 1.54) is 0 Å². The molecule has 0 radical (unpaired) electrons. The van der Waals surface area contributed by atoms with Crippen LogP contribution in [0.15, 0.2) is 29.6 Å². The third-order valence-corrected chi connectivity index (χ3v) is 6.29. The first-order chi connectivity index (χ1) is 15.2. The van der Waals surface area contributed by atoms with E-state index in [9.17, 15) is 9.59 Å². The maximum atomic E-state index is 12.5. The van der Waals surface area contributed by atoms with Gasteiger partial charge in [0.05, 0.1) is 10.7 Å². The number of piperazine rings is 1. The van der Waals surface area contributed by atoms with Crippen molar-refractivity contribution in [3.05, 3.63) is 45.9 Å². The molecule has 1 aromatic heterocycles. The zero-order valence-electron chi connectivity index (χ0n) is 19.5. The summed E-state index contributed by atoms with van der Waals surface area (Å²) in [5.74, 6) is 0.332. The van der Waals surface area contributed by atoms with E-state index in [1.807, 2.05) is 6.92 Å². The zero-order chi connectivity index (χ0) is 23.1. The normalized spacial score (nSPS) is 14.9. The number of amides is 2. The Morgan fingerprint density at radius 1 is 1.12 bits per heavy atom. The molecular formula is C24H34N4O3S. The second kappa shape index (κ2) is 10.9. The van der Waals surface area contributed by atoms with E-state index in [1.54, 1.807) is 40.5 Å². The Bertz CT molecular complexity index is 897. The molecule has 0 unspecified atom stereocenters. The lowest BCUT2D eigenvalue weighted by Crippen LogP contribution is -2.49. The molecule has 8 heteroatoms. The van der Waals surface area contributed by atoms with Crippen LogP contribution in [0.4, 0.5) is 4.79 Å². The minimum Gasteiger partial charge on any atom is -0.410 e. The molecule has 0 spiro atoms. The number of benzene rings is 1. The van der Waals surface area contributed by atoms with Gasteiger partial charge in [-0.3, -0.25) is 9.69 Å².